The predicted molar refractivity (Wildman–Crippen MR) is 166 cm³/mol. The van der Waals surface area contributed by atoms with Crippen molar-refractivity contribution in [3.8, 4) is 23.0 Å². The molecule has 0 bridgehead atoms. The average Bonchev–Trinajstić information content (AvgIpc) is 2.96. The van der Waals surface area contributed by atoms with Crippen LogP contribution in [0.1, 0.15) is 47.4 Å². The summed E-state index contributed by atoms with van der Waals surface area (Å²) in [5.41, 5.74) is 5.11. The lowest BCUT2D eigenvalue weighted by atomic mass is 9.77. The van der Waals surface area contributed by atoms with Crippen molar-refractivity contribution in [1.29, 1.82) is 0 Å². The molecule has 0 aromatic heterocycles. The number of hydrogen-bond acceptors (Lipinski definition) is 6. The van der Waals surface area contributed by atoms with E-state index in [1.807, 2.05) is 0 Å². The van der Waals surface area contributed by atoms with E-state index in [2.05, 4.69) is 65.3 Å². The van der Waals surface area contributed by atoms with Crippen LogP contribution >= 0.6 is 0 Å². The molecule has 0 spiro atoms. The van der Waals surface area contributed by atoms with Crippen LogP contribution in [-0.2, 0) is 13.1 Å². The van der Waals surface area contributed by atoms with E-state index in [4.69, 9.17) is 18.9 Å². The maximum Gasteiger partial charge on any atom is 0.168 e. The van der Waals surface area contributed by atoms with Gasteiger partial charge < -0.3 is 18.9 Å². The van der Waals surface area contributed by atoms with Crippen LogP contribution in [0.3, 0.4) is 0 Å². The fourth-order valence-electron chi connectivity index (χ4n) is 6.72. The van der Waals surface area contributed by atoms with Gasteiger partial charge in [-0.2, -0.15) is 0 Å². The molecule has 0 N–H and O–H groups in total. The van der Waals surface area contributed by atoms with E-state index in [1.165, 1.54) is 52.1 Å². The van der Waals surface area contributed by atoms with Gasteiger partial charge in [0.1, 0.15) is 0 Å². The van der Waals surface area contributed by atoms with E-state index in [9.17, 15) is 0 Å². The van der Waals surface area contributed by atoms with Crippen LogP contribution in [0.25, 0.3) is 21.5 Å². The predicted octanol–water partition coefficient (Wildman–Crippen LogP) is 6.92. The standard InChI is InChI=1S/C35H42N2O4/c1-23-17-27-18-25(10-12-30(27)34(40-4)33(23)39-3)22-37-15-13-36(14-16-37)21-24-9-11-29-28(19-24)20-31(38-2)35(41-5)32(29)26-7-6-8-26/h9-12,17-20,26H,6-8,13-16,21-22H2,1-5H3. The Morgan fingerprint density at radius 3 is 1.71 bits per heavy atom. The van der Waals surface area contributed by atoms with Crippen molar-refractivity contribution in [2.24, 2.45) is 0 Å². The number of benzene rings is 4. The second-order valence-corrected chi connectivity index (χ2v) is 11.6. The van der Waals surface area contributed by atoms with Crippen molar-refractivity contribution >= 4 is 21.5 Å². The van der Waals surface area contributed by atoms with E-state index in [1.54, 1.807) is 28.4 Å². The van der Waals surface area contributed by atoms with Crippen molar-refractivity contribution in [2.75, 3.05) is 54.6 Å². The molecule has 2 fully saturated rings. The van der Waals surface area contributed by atoms with E-state index in [0.717, 1.165) is 73.2 Å². The van der Waals surface area contributed by atoms with Gasteiger partial charge in [-0.3, -0.25) is 9.80 Å². The van der Waals surface area contributed by atoms with Crippen LogP contribution in [0.4, 0.5) is 0 Å². The first-order valence-corrected chi connectivity index (χ1v) is 14.8. The Labute approximate surface area is 243 Å². The Hall–Kier alpha value is -3.48. The average molecular weight is 555 g/mol. The minimum Gasteiger partial charge on any atom is -0.493 e. The summed E-state index contributed by atoms with van der Waals surface area (Å²) in [5, 5.41) is 4.85. The molecule has 1 heterocycles. The van der Waals surface area contributed by atoms with Gasteiger partial charge in [0, 0.05) is 50.2 Å². The monoisotopic (exact) mass is 554 g/mol. The third-order valence-electron chi connectivity index (χ3n) is 9.08. The molecule has 4 aromatic rings. The number of nitrogens with zero attached hydrogens (tertiary/aromatic N) is 2. The van der Waals surface area contributed by atoms with Gasteiger partial charge in [-0.25, -0.2) is 0 Å². The normalized spacial score (nSPS) is 16.6. The van der Waals surface area contributed by atoms with Crippen molar-refractivity contribution in [1.82, 2.24) is 9.80 Å². The molecule has 6 heteroatoms. The van der Waals surface area contributed by atoms with Crippen LogP contribution in [0.2, 0.25) is 0 Å². The van der Waals surface area contributed by atoms with Crippen molar-refractivity contribution in [2.45, 2.75) is 45.2 Å². The molecule has 1 saturated carbocycles. The van der Waals surface area contributed by atoms with Gasteiger partial charge in [-0.15, -0.1) is 0 Å². The maximum absolute atomic E-state index is 5.83. The topological polar surface area (TPSA) is 43.4 Å². The molecule has 41 heavy (non-hydrogen) atoms. The quantitative estimate of drug-likeness (QED) is 0.224. The lowest BCUT2D eigenvalue weighted by Crippen LogP contribution is -2.45. The van der Waals surface area contributed by atoms with Gasteiger partial charge in [0.15, 0.2) is 23.0 Å². The van der Waals surface area contributed by atoms with Crippen molar-refractivity contribution in [3.63, 3.8) is 0 Å². The molecular weight excluding hydrogens is 512 g/mol. The number of hydrogen-bond donors (Lipinski definition) is 0. The summed E-state index contributed by atoms with van der Waals surface area (Å²) >= 11 is 0. The number of ether oxygens (including phenoxy) is 4. The number of fused-ring (bicyclic) bond motifs is 2. The smallest absolute Gasteiger partial charge is 0.168 e. The largest absolute Gasteiger partial charge is 0.493 e. The summed E-state index contributed by atoms with van der Waals surface area (Å²) in [6, 6.07) is 18.0. The maximum atomic E-state index is 5.83. The first kappa shape index (κ1) is 27.7. The van der Waals surface area contributed by atoms with E-state index in [-0.39, 0.29) is 0 Å². The molecule has 1 aliphatic carbocycles. The second-order valence-electron chi connectivity index (χ2n) is 11.6. The highest BCUT2D eigenvalue weighted by molar-refractivity contribution is 5.93. The highest BCUT2D eigenvalue weighted by atomic mass is 16.5. The summed E-state index contributed by atoms with van der Waals surface area (Å²) < 4.78 is 22.9. The fraction of sp³-hybridized carbons (Fsp3) is 0.429. The fourth-order valence-corrected chi connectivity index (χ4v) is 6.72. The van der Waals surface area contributed by atoms with Crippen LogP contribution in [0.5, 0.6) is 23.0 Å². The Morgan fingerprint density at radius 1 is 0.634 bits per heavy atom. The van der Waals surface area contributed by atoms with Crippen molar-refractivity contribution in [3.05, 3.63) is 70.8 Å². The Balaban J connectivity index is 1.13. The van der Waals surface area contributed by atoms with Crippen LogP contribution in [0.15, 0.2) is 48.5 Å². The molecular formula is C35H42N2O4. The lowest BCUT2D eigenvalue weighted by molar-refractivity contribution is 0.122. The Morgan fingerprint density at radius 2 is 1.20 bits per heavy atom. The van der Waals surface area contributed by atoms with Gasteiger partial charge in [-0.1, -0.05) is 30.7 Å². The Bertz CT molecular complexity index is 1550. The first-order valence-electron chi connectivity index (χ1n) is 14.8. The van der Waals surface area contributed by atoms with Gasteiger partial charge >= 0.3 is 0 Å². The molecule has 1 saturated heterocycles. The first-order chi connectivity index (χ1) is 20.0. The number of rotatable bonds is 9. The SMILES string of the molecule is COc1cc2cc(CN3CCN(Cc4ccc5c(OC)c(OC)c(C)cc5c4)CC3)ccc2c(C2CCC2)c1OC. The van der Waals surface area contributed by atoms with Gasteiger partial charge in [0.05, 0.1) is 28.4 Å². The van der Waals surface area contributed by atoms with Gasteiger partial charge in [-0.05, 0) is 82.8 Å². The van der Waals surface area contributed by atoms with Gasteiger partial charge in [0.2, 0.25) is 0 Å². The molecule has 0 amide bonds. The molecule has 0 radical (unpaired) electrons. The molecule has 6 rings (SSSR count). The van der Waals surface area contributed by atoms with Crippen molar-refractivity contribution < 1.29 is 18.9 Å². The van der Waals surface area contributed by atoms with E-state index < -0.39 is 0 Å². The summed E-state index contributed by atoms with van der Waals surface area (Å²) in [6.07, 6.45) is 3.75. The molecule has 2 aliphatic rings. The zero-order valence-corrected chi connectivity index (χ0v) is 25.1. The summed E-state index contributed by atoms with van der Waals surface area (Å²) in [4.78, 5) is 5.14. The molecule has 216 valence electrons. The zero-order valence-electron chi connectivity index (χ0n) is 25.1. The highest BCUT2D eigenvalue weighted by Gasteiger charge is 2.27. The minimum atomic E-state index is 0.568. The van der Waals surface area contributed by atoms with Gasteiger partial charge in [0.25, 0.3) is 0 Å². The zero-order chi connectivity index (χ0) is 28.5. The van der Waals surface area contributed by atoms with Crippen LogP contribution in [0, 0.1) is 6.92 Å². The number of methoxy groups -OCH3 is 4. The third kappa shape index (κ3) is 5.31. The lowest BCUT2D eigenvalue weighted by Gasteiger charge is -2.35. The molecule has 6 nitrogen and oxygen atoms in total. The Kier molecular flexibility index (Phi) is 7.96. The molecule has 0 unspecified atom stereocenters. The van der Waals surface area contributed by atoms with Crippen LogP contribution in [-0.4, -0.2) is 64.4 Å². The second kappa shape index (κ2) is 11.8. The highest BCUT2D eigenvalue weighted by Crippen LogP contribution is 2.48. The minimum absolute atomic E-state index is 0.568. The summed E-state index contributed by atoms with van der Waals surface area (Å²) in [6.45, 7) is 8.25. The van der Waals surface area contributed by atoms with Crippen LogP contribution < -0.4 is 18.9 Å². The summed E-state index contributed by atoms with van der Waals surface area (Å²) in [7, 11) is 6.91. The third-order valence-corrected chi connectivity index (χ3v) is 9.08. The van der Waals surface area contributed by atoms with E-state index in [0.29, 0.717) is 5.92 Å². The molecule has 1 aliphatic heterocycles. The molecule has 0 atom stereocenters. The molecule has 4 aromatic carbocycles. The summed E-state index contributed by atoms with van der Waals surface area (Å²) in [5.74, 6) is 3.95. The van der Waals surface area contributed by atoms with E-state index >= 15 is 0 Å². The number of piperazine rings is 1. The number of aryl methyl sites for hydroxylation is 1.